The predicted molar refractivity (Wildman–Crippen MR) is 51.3 cm³/mol. The Morgan fingerprint density at radius 2 is 2.42 bits per heavy atom. The van der Waals surface area contributed by atoms with Gasteiger partial charge in [0.25, 0.3) is 0 Å². The highest BCUT2D eigenvalue weighted by Crippen LogP contribution is 2.36. The lowest BCUT2D eigenvalue weighted by molar-refractivity contribution is 0.149. The van der Waals surface area contributed by atoms with Gasteiger partial charge in [0, 0.05) is 24.7 Å². The number of fused-ring (bicyclic) bond motifs is 2. The van der Waals surface area contributed by atoms with E-state index in [2.05, 4.69) is 24.2 Å². The molecule has 2 heterocycles. The van der Waals surface area contributed by atoms with Gasteiger partial charge in [-0.05, 0) is 19.9 Å². The first-order valence-corrected chi connectivity index (χ1v) is 5.21. The molecule has 0 aromatic heterocycles. The molecule has 2 saturated heterocycles. The molecule has 70 valence electrons. The first kappa shape index (κ1) is 8.52. The van der Waals surface area contributed by atoms with Gasteiger partial charge < -0.3 is 5.32 Å². The van der Waals surface area contributed by atoms with E-state index in [1.807, 2.05) is 0 Å². The molecule has 0 radical (unpaired) electrons. The van der Waals surface area contributed by atoms with Crippen LogP contribution in [0.3, 0.4) is 0 Å². The summed E-state index contributed by atoms with van der Waals surface area (Å²) in [7, 11) is 2.29. The number of nitrogens with zero attached hydrogens (tertiary/aromatic N) is 1. The summed E-state index contributed by atoms with van der Waals surface area (Å²) in [6.45, 7) is 4.78. The Kier molecular flexibility index (Phi) is 2.13. The molecule has 0 aliphatic carbocycles. The maximum Gasteiger partial charge on any atom is 0.0346 e. The van der Waals surface area contributed by atoms with Gasteiger partial charge in [0.15, 0.2) is 0 Å². The van der Waals surface area contributed by atoms with Crippen LogP contribution < -0.4 is 5.32 Å². The van der Waals surface area contributed by atoms with Crippen LogP contribution in [0.4, 0.5) is 0 Å². The minimum atomic E-state index is 0.542. The van der Waals surface area contributed by atoms with E-state index in [-0.39, 0.29) is 0 Å². The molecule has 1 N–H and O–H groups in total. The van der Waals surface area contributed by atoms with Crippen molar-refractivity contribution in [1.29, 1.82) is 0 Å². The van der Waals surface area contributed by atoms with Gasteiger partial charge in [0.1, 0.15) is 0 Å². The maximum absolute atomic E-state index is 3.59. The quantitative estimate of drug-likeness (QED) is 0.681. The van der Waals surface area contributed by atoms with Crippen molar-refractivity contribution in [3.63, 3.8) is 0 Å². The fourth-order valence-electron chi connectivity index (χ4n) is 2.77. The molecule has 2 heteroatoms. The molecule has 2 aliphatic heterocycles. The Hall–Kier alpha value is -0.0800. The van der Waals surface area contributed by atoms with Crippen LogP contribution in [0, 0.1) is 0 Å². The molecule has 2 unspecified atom stereocenters. The van der Waals surface area contributed by atoms with Crippen molar-refractivity contribution in [2.75, 3.05) is 20.1 Å². The largest absolute Gasteiger partial charge is 0.311 e. The summed E-state index contributed by atoms with van der Waals surface area (Å²) in [4.78, 5) is 2.57. The van der Waals surface area contributed by atoms with E-state index >= 15 is 0 Å². The summed E-state index contributed by atoms with van der Waals surface area (Å²) >= 11 is 0. The van der Waals surface area contributed by atoms with Gasteiger partial charge in [-0.1, -0.05) is 19.8 Å². The average Bonchev–Trinajstić information content (AvgIpc) is 2.58. The minimum absolute atomic E-state index is 0.542. The number of likely N-dealkylation sites (tertiary alicyclic amines) is 1. The smallest absolute Gasteiger partial charge is 0.0346 e. The van der Waals surface area contributed by atoms with E-state index in [1.165, 1.54) is 38.8 Å². The second-order valence-corrected chi connectivity index (χ2v) is 4.49. The van der Waals surface area contributed by atoms with Gasteiger partial charge in [-0.3, -0.25) is 4.90 Å². The zero-order chi connectivity index (χ0) is 8.60. The summed E-state index contributed by atoms with van der Waals surface area (Å²) in [5.41, 5.74) is 0.542. The third kappa shape index (κ3) is 1.17. The van der Waals surface area contributed by atoms with Crippen molar-refractivity contribution in [1.82, 2.24) is 10.2 Å². The van der Waals surface area contributed by atoms with Crippen molar-refractivity contribution < 1.29 is 0 Å². The van der Waals surface area contributed by atoms with Gasteiger partial charge in [-0.2, -0.15) is 0 Å². The van der Waals surface area contributed by atoms with Crippen LogP contribution in [0.1, 0.15) is 32.6 Å². The predicted octanol–water partition coefficient (Wildman–Crippen LogP) is 1.22. The number of hydrogen-bond acceptors (Lipinski definition) is 2. The summed E-state index contributed by atoms with van der Waals surface area (Å²) in [6.07, 6.45) is 5.51. The molecular weight excluding hydrogens is 148 g/mol. The van der Waals surface area contributed by atoms with Crippen LogP contribution in [0.15, 0.2) is 0 Å². The summed E-state index contributed by atoms with van der Waals surface area (Å²) < 4.78 is 0. The molecule has 2 aliphatic rings. The second-order valence-electron chi connectivity index (χ2n) is 4.49. The van der Waals surface area contributed by atoms with Gasteiger partial charge in [-0.15, -0.1) is 0 Å². The first-order valence-electron chi connectivity index (χ1n) is 5.21. The summed E-state index contributed by atoms with van der Waals surface area (Å²) in [5.74, 6) is 0. The number of hydrogen-bond donors (Lipinski definition) is 1. The van der Waals surface area contributed by atoms with E-state index in [0.717, 1.165) is 6.04 Å². The van der Waals surface area contributed by atoms with Gasteiger partial charge in [-0.25, -0.2) is 0 Å². The van der Waals surface area contributed by atoms with Crippen LogP contribution >= 0.6 is 0 Å². The lowest BCUT2D eigenvalue weighted by atomic mass is 9.92. The second kappa shape index (κ2) is 3.00. The van der Waals surface area contributed by atoms with E-state index in [0.29, 0.717) is 5.54 Å². The third-order valence-corrected chi connectivity index (χ3v) is 3.65. The Morgan fingerprint density at radius 1 is 1.58 bits per heavy atom. The molecule has 0 spiro atoms. The zero-order valence-corrected chi connectivity index (χ0v) is 8.27. The SMILES string of the molecule is CCCCC12CNC(CN1C)C2. The molecule has 0 aromatic rings. The number of piperazine rings is 1. The highest BCUT2D eigenvalue weighted by atomic mass is 15.3. The van der Waals surface area contributed by atoms with Crippen molar-refractivity contribution in [2.45, 2.75) is 44.2 Å². The molecule has 0 aromatic carbocycles. The van der Waals surface area contributed by atoms with Crippen LogP contribution in [0.5, 0.6) is 0 Å². The Labute approximate surface area is 75.3 Å². The number of likely N-dealkylation sites (N-methyl/N-ethyl adjacent to an activating group) is 1. The van der Waals surface area contributed by atoms with Gasteiger partial charge >= 0.3 is 0 Å². The van der Waals surface area contributed by atoms with Crippen molar-refractivity contribution in [2.24, 2.45) is 0 Å². The third-order valence-electron chi connectivity index (χ3n) is 3.65. The summed E-state index contributed by atoms with van der Waals surface area (Å²) in [6, 6.07) is 0.798. The van der Waals surface area contributed by atoms with E-state index in [4.69, 9.17) is 0 Å². The van der Waals surface area contributed by atoms with Gasteiger partial charge in [0.2, 0.25) is 0 Å². The van der Waals surface area contributed by atoms with E-state index < -0.39 is 0 Å². The topological polar surface area (TPSA) is 15.3 Å². The maximum atomic E-state index is 3.59. The fourth-order valence-corrected chi connectivity index (χ4v) is 2.77. The highest BCUT2D eigenvalue weighted by molar-refractivity contribution is 5.07. The standard InChI is InChI=1S/C10H20N2/c1-3-4-5-10-6-9(11-8-10)7-12(10)2/h9,11H,3-8H2,1-2H3. The fraction of sp³-hybridized carbons (Fsp3) is 1.00. The van der Waals surface area contributed by atoms with Crippen molar-refractivity contribution in [3.05, 3.63) is 0 Å². The highest BCUT2D eigenvalue weighted by Gasteiger charge is 2.47. The lowest BCUT2D eigenvalue weighted by Gasteiger charge is -2.36. The van der Waals surface area contributed by atoms with E-state index in [1.54, 1.807) is 0 Å². The zero-order valence-electron chi connectivity index (χ0n) is 8.27. The molecule has 2 rings (SSSR count). The van der Waals surface area contributed by atoms with Crippen LogP contribution in [-0.4, -0.2) is 36.6 Å². The van der Waals surface area contributed by atoms with Crippen LogP contribution in [-0.2, 0) is 0 Å². The van der Waals surface area contributed by atoms with Crippen LogP contribution in [0.2, 0.25) is 0 Å². The molecule has 2 atom stereocenters. The van der Waals surface area contributed by atoms with Gasteiger partial charge in [0.05, 0.1) is 0 Å². The van der Waals surface area contributed by atoms with Crippen LogP contribution in [0.25, 0.3) is 0 Å². The molecule has 0 amide bonds. The molecule has 0 saturated carbocycles. The molecule has 2 fully saturated rings. The number of nitrogens with one attached hydrogen (secondary N) is 1. The summed E-state index contributed by atoms with van der Waals surface area (Å²) in [5, 5.41) is 3.59. The lowest BCUT2D eigenvalue weighted by Crippen LogP contribution is -2.50. The van der Waals surface area contributed by atoms with Crippen molar-refractivity contribution in [3.8, 4) is 0 Å². The molecule has 2 bridgehead atoms. The number of rotatable bonds is 3. The average molecular weight is 168 g/mol. The Balaban J connectivity index is 1.98. The Bertz CT molecular complexity index is 169. The Morgan fingerprint density at radius 3 is 2.92 bits per heavy atom. The van der Waals surface area contributed by atoms with E-state index in [9.17, 15) is 0 Å². The normalized spacial score (nSPS) is 41.0. The molecular formula is C10H20N2. The first-order chi connectivity index (χ1) is 5.77. The molecule has 2 nitrogen and oxygen atoms in total. The monoisotopic (exact) mass is 168 g/mol. The van der Waals surface area contributed by atoms with Crippen molar-refractivity contribution >= 4 is 0 Å². The number of unbranched alkanes of at least 4 members (excludes halogenated alkanes) is 1. The minimum Gasteiger partial charge on any atom is -0.311 e. The molecule has 12 heavy (non-hydrogen) atoms.